The van der Waals surface area contributed by atoms with E-state index in [0.29, 0.717) is 12.2 Å². The summed E-state index contributed by atoms with van der Waals surface area (Å²) in [5.41, 5.74) is 10.3. The average Bonchev–Trinajstić information content (AvgIpc) is 2.63. The SMILES string of the molecule is CCCCNc1nc(N)nc2ccc(Cc3ccc(CO)cc3)nc12. The Labute approximate surface area is 147 Å². The third kappa shape index (κ3) is 4.22. The van der Waals surface area contributed by atoms with E-state index in [9.17, 15) is 0 Å². The highest BCUT2D eigenvalue weighted by molar-refractivity contribution is 5.86. The highest BCUT2D eigenvalue weighted by atomic mass is 16.3. The second-order valence-corrected chi connectivity index (χ2v) is 6.03. The van der Waals surface area contributed by atoms with Gasteiger partial charge in [-0.1, -0.05) is 37.6 Å². The molecule has 3 aromatic rings. The Balaban J connectivity index is 1.88. The highest BCUT2D eigenvalue weighted by Crippen LogP contribution is 2.21. The number of aliphatic hydroxyl groups excluding tert-OH is 1. The Bertz CT molecular complexity index is 848. The molecule has 4 N–H and O–H groups in total. The number of hydrogen-bond acceptors (Lipinski definition) is 6. The zero-order chi connectivity index (χ0) is 17.6. The normalized spacial score (nSPS) is 11.0. The predicted octanol–water partition coefficient (Wildman–Crippen LogP) is 2.90. The van der Waals surface area contributed by atoms with Crippen molar-refractivity contribution in [2.45, 2.75) is 32.8 Å². The molecule has 3 rings (SSSR count). The zero-order valence-electron chi connectivity index (χ0n) is 14.4. The van der Waals surface area contributed by atoms with Gasteiger partial charge in [-0.25, -0.2) is 9.97 Å². The topological polar surface area (TPSA) is 97.0 Å². The molecule has 0 saturated carbocycles. The van der Waals surface area contributed by atoms with Crippen molar-refractivity contribution in [2.75, 3.05) is 17.6 Å². The first kappa shape index (κ1) is 17.1. The molecular weight excluding hydrogens is 314 g/mol. The molecule has 130 valence electrons. The second kappa shape index (κ2) is 7.90. The smallest absolute Gasteiger partial charge is 0.222 e. The van der Waals surface area contributed by atoms with Gasteiger partial charge in [-0.05, 0) is 29.7 Å². The molecule has 0 amide bonds. The third-order valence-corrected chi connectivity index (χ3v) is 4.03. The fourth-order valence-corrected chi connectivity index (χ4v) is 2.65. The third-order valence-electron chi connectivity index (χ3n) is 4.03. The number of aliphatic hydroxyl groups is 1. The molecule has 0 aliphatic rings. The highest BCUT2D eigenvalue weighted by Gasteiger charge is 2.09. The van der Waals surface area contributed by atoms with Crippen molar-refractivity contribution in [3.05, 3.63) is 53.2 Å². The van der Waals surface area contributed by atoms with E-state index in [2.05, 4.69) is 22.2 Å². The molecule has 0 aliphatic carbocycles. The van der Waals surface area contributed by atoms with Gasteiger partial charge in [0.15, 0.2) is 5.82 Å². The van der Waals surface area contributed by atoms with Gasteiger partial charge in [0.2, 0.25) is 5.95 Å². The van der Waals surface area contributed by atoms with E-state index < -0.39 is 0 Å². The molecule has 6 nitrogen and oxygen atoms in total. The van der Waals surface area contributed by atoms with Gasteiger partial charge in [0.1, 0.15) is 5.52 Å². The van der Waals surface area contributed by atoms with Crippen LogP contribution in [0.25, 0.3) is 11.0 Å². The Morgan fingerprint density at radius 2 is 1.76 bits per heavy atom. The van der Waals surface area contributed by atoms with Gasteiger partial charge in [0.25, 0.3) is 0 Å². The number of nitrogens with one attached hydrogen (secondary N) is 1. The second-order valence-electron chi connectivity index (χ2n) is 6.03. The van der Waals surface area contributed by atoms with Crippen molar-refractivity contribution in [1.29, 1.82) is 0 Å². The molecule has 0 unspecified atom stereocenters. The van der Waals surface area contributed by atoms with Crippen molar-refractivity contribution in [3.8, 4) is 0 Å². The van der Waals surface area contributed by atoms with Crippen molar-refractivity contribution in [2.24, 2.45) is 0 Å². The number of benzene rings is 1. The van der Waals surface area contributed by atoms with E-state index >= 15 is 0 Å². The zero-order valence-corrected chi connectivity index (χ0v) is 14.4. The van der Waals surface area contributed by atoms with Gasteiger partial charge in [0, 0.05) is 18.7 Å². The molecule has 1 aromatic carbocycles. The minimum atomic E-state index is 0.0556. The van der Waals surface area contributed by atoms with Crippen LogP contribution < -0.4 is 11.1 Å². The van der Waals surface area contributed by atoms with Crippen LogP contribution in [0.4, 0.5) is 11.8 Å². The molecule has 2 aromatic heterocycles. The number of fused-ring (bicyclic) bond motifs is 1. The number of pyridine rings is 1. The average molecular weight is 337 g/mol. The lowest BCUT2D eigenvalue weighted by Gasteiger charge is -2.10. The fraction of sp³-hybridized carbons (Fsp3) is 0.316. The summed E-state index contributed by atoms with van der Waals surface area (Å²) in [5.74, 6) is 0.939. The van der Waals surface area contributed by atoms with Crippen molar-refractivity contribution < 1.29 is 5.11 Å². The molecule has 0 saturated heterocycles. The minimum Gasteiger partial charge on any atom is -0.392 e. The summed E-state index contributed by atoms with van der Waals surface area (Å²) < 4.78 is 0. The molecule has 0 aliphatic heterocycles. The quantitative estimate of drug-likeness (QED) is 0.574. The van der Waals surface area contributed by atoms with Gasteiger partial charge < -0.3 is 16.2 Å². The maximum Gasteiger partial charge on any atom is 0.222 e. The molecule has 2 heterocycles. The summed E-state index contributed by atoms with van der Waals surface area (Å²) in [5, 5.41) is 12.4. The number of nitrogens with zero attached hydrogens (tertiary/aromatic N) is 3. The van der Waals surface area contributed by atoms with E-state index in [0.717, 1.165) is 47.2 Å². The maximum absolute atomic E-state index is 9.13. The summed E-state index contributed by atoms with van der Waals surface area (Å²) >= 11 is 0. The van der Waals surface area contributed by atoms with Crippen molar-refractivity contribution in [3.63, 3.8) is 0 Å². The first-order chi connectivity index (χ1) is 12.2. The molecule has 0 radical (unpaired) electrons. The van der Waals surface area contributed by atoms with Gasteiger partial charge in [0.05, 0.1) is 12.1 Å². The van der Waals surface area contributed by atoms with Gasteiger partial charge >= 0.3 is 0 Å². The standard InChI is InChI=1S/C19H23N5O/c1-2-3-10-21-18-17-16(23-19(20)24-18)9-8-15(22-17)11-13-4-6-14(12-25)7-5-13/h4-9,25H,2-3,10-12H2,1H3,(H3,20,21,23,24). The Morgan fingerprint density at radius 3 is 2.48 bits per heavy atom. The van der Waals surface area contributed by atoms with E-state index in [1.165, 1.54) is 0 Å². The molecule has 0 spiro atoms. The summed E-state index contributed by atoms with van der Waals surface area (Å²) in [6, 6.07) is 11.8. The lowest BCUT2D eigenvalue weighted by atomic mass is 10.1. The van der Waals surface area contributed by atoms with E-state index in [1.54, 1.807) is 0 Å². The van der Waals surface area contributed by atoms with Gasteiger partial charge in [-0.3, -0.25) is 0 Å². The fourth-order valence-electron chi connectivity index (χ4n) is 2.65. The van der Waals surface area contributed by atoms with Crippen LogP contribution in [0.15, 0.2) is 36.4 Å². The number of aromatic nitrogens is 3. The van der Waals surface area contributed by atoms with Gasteiger partial charge in [-0.2, -0.15) is 4.98 Å². The largest absolute Gasteiger partial charge is 0.392 e. The van der Waals surface area contributed by atoms with E-state index in [-0.39, 0.29) is 12.6 Å². The minimum absolute atomic E-state index is 0.0556. The van der Waals surface area contributed by atoms with Crippen LogP contribution in [-0.4, -0.2) is 26.6 Å². The summed E-state index contributed by atoms with van der Waals surface area (Å²) in [4.78, 5) is 13.3. The van der Waals surface area contributed by atoms with Crippen molar-refractivity contribution in [1.82, 2.24) is 15.0 Å². The number of nitrogens with two attached hydrogens (primary N) is 1. The Kier molecular flexibility index (Phi) is 5.40. The van der Waals surface area contributed by atoms with E-state index in [1.807, 2.05) is 36.4 Å². The van der Waals surface area contributed by atoms with Gasteiger partial charge in [-0.15, -0.1) is 0 Å². The number of unbranched alkanes of at least 4 members (excludes halogenated alkanes) is 1. The monoisotopic (exact) mass is 337 g/mol. The van der Waals surface area contributed by atoms with Crippen LogP contribution in [0.2, 0.25) is 0 Å². The molecule has 0 bridgehead atoms. The maximum atomic E-state index is 9.13. The summed E-state index contributed by atoms with van der Waals surface area (Å²) in [6.45, 7) is 3.03. The van der Waals surface area contributed by atoms with E-state index in [4.69, 9.17) is 15.8 Å². The van der Waals surface area contributed by atoms with Crippen LogP contribution >= 0.6 is 0 Å². The summed E-state index contributed by atoms with van der Waals surface area (Å²) in [6.07, 6.45) is 2.87. The van der Waals surface area contributed by atoms with Crippen molar-refractivity contribution >= 4 is 22.8 Å². The summed E-state index contributed by atoms with van der Waals surface area (Å²) in [7, 11) is 0. The van der Waals surface area contributed by atoms with Crippen LogP contribution in [0.3, 0.4) is 0 Å². The number of nitrogen functional groups attached to an aromatic ring is 1. The molecular formula is C19H23N5O. The number of rotatable bonds is 7. The van der Waals surface area contributed by atoms with Crippen LogP contribution in [0.1, 0.15) is 36.6 Å². The van der Waals surface area contributed by atoms with Crippen LogP contribution in [0.5, 0.6) is 0 Å². The Hall–Kier alpha value is -2.73. The molecule has 6 heteroatoms. The van der Waals surface area contributed by atoms with Crippen LogP contribution in [0, 0.1) is 0 Å². The first-order valence-electron chi connectivity index (χ1n) is 8.55. The molecule has 25 heavy (non-hydrogen) atoms. The number of hydrogen-bond donors (Lipinski definition) is 3. The first-order valence-corrected chi connectivity index (χ1v) is 8.55. The van der Waals surface area contributed by atoms with Crippen LogP contribution in [-0.2, 0) is 13.0 Å². The molecule has 0 atom stereocenters. The molecule has 0 fully saturated rings. The Morgan fingerprint density at radius 1 is 1.00 bits per heavy atom. The number of anilines is 2. The lowest BCUT2D eigenvalue weighted by Crippen LogP contribution is -2.08. The lowest BCUT2D eigenvalue weighted by molar-refractivity contribution is 0.282. The predicted molar refractivity (Wildman–Crippen MR) is 100 cm³/mol.